The van der Waals surface area contributed by atoms with Crippen LogP contribution in [0.1, 0.15) is 18.4 Å². The van der Waals surface area contributed by atoms with Crippen molar-refractivity contribution in [2.75, 3.05) is 5.32 Å². The topological polar surface area (TPSA) is 73.1 Å². The Morgan fingerprint density at radius 3 is 2.82 bits per heavy atom. The molecule has 1 aromatic rings. The van der Waals surface area contributed by atoms with Crippen LogP contribution in [0, 0.1) is 17.2 Å². The Bertz CT molecular complexity index is 496. The van der Waals surface area contributed by atoms with Gasteiger partial charge in [-0.15, -0.1) is 0 Å². The smallest absolute Gasteiger partial charge is 0.308 e. The first-order chi connectivity index (χ1) is 8.11. The molecule has 0 heterocycles. The van der Waals surface area contributed by atoms with Crippen molar-refractivity contribution in [2.45, 2.75) is 18.9 Å². The molecule has 1 fully saturated rings. The van der Waals surface area contributed by atoms with Crippen LogP contribution in [0.25, 0.3) is 0 Å². The molecular weight excluding hydrogens is 240 g/mol. The van der Waals surface area contributed by atoms with Crippen molar-refractivity contribution in [1.29, 1.82) is 5.26 Å². The van der Waals surface area contributed by atoms with Crippen LogP contribution in [0.3, 0.4) is 0 Å². The highest BCUT2D eigenvalue weighted by molar-refractivity contribution is 6.30. The van der Waals surface area contributed by atoms with Crippen LogP contribution in [-0.4, -0.2) is 17.1 Å². The molecule has 2 rings (SSSR count). The summed E-state index contributed by atoms with van der Waals surface area (Å²) in [5.41, 5.74) is 1.08. The Balaban J connectivity index is 2.16. The molecule has 2 unspecified atom stereocenters. The molecule has 2 atom stereocenters. The summed E-state index contributed by atoms with van der Waals surface area (Å²) in [6.07, 6.45) is 1.48. The Morgan fingerprint density at radius 1 is 1.53 bits per heavy atom. The summed E-state index contributed by atoms with van der Waals surface area (Å²) in [5, 5.41) is 21.5. The van der Waals surface area contributed by atoms with E-state index in [2.05, 4.69) is 11.4 Å². The van der Waals surface area contributed by atoms with Crippen LogP contribution < -0.4 is 5.32 Å². The van der Waals surface area contributed by atoms with Gasteiger partial charge in [-0.05, 0) is 31.0 Å². The first-order valence-electron chi connectivity index (χ1n) is 5.31. The SMILES string of the molecule is N#Cc1ccc(Cl)cc1NC1CCC1C(=O)O. The monoisotopic (exact) mass is 250 g/mol. The Labute approximate surface area is 104 Å². The van der Waals surface area contributed by atoms with Gasteiger partial charge in [-0.3, -0.25) is 4.79 Å². The Morgan fingerprint density at radius 2 is 2.29 bits per heavy atom. The summed E-state index contributed by atoms with van der Waals surface area (Å²) < 4.78 is 0. The molecule has 1 aliphatic carbocycles. The zero-order chi connectivity index (χ0) is 12.4. The Kier molecular flexibility index (Phi) is 3.21. The molecule has 88 valence electrons. The van der Waals surface area contributed by atoms with Gasteiger partial charge in [-0.1, -0.05) is 11.6 Å². The summed E-state index contributed by atoms with van der Waals surface area (Å²) in [6, 6.07) is 6.85. The maximum absolute atomic E-state index is 10.9. The predicted molar refractivity (Wildman–Crippen MR) is 63.9 cm³/mol. The molecule has 0 aliphatic heterocycles. The van der Waals surface area contributed by atoms with Crippen LogP contribution in [0.5, 0.6) is 0 Å². The van der Waals surface area contributed by atoms with E-state index in [-0.39, 0.29) is 12.0 Å². The predicted octanol–water partition coefficient (Wildman–Crippen LogP) is 2.49. The molecule has 0 aromatic heterocycles. The third kappa shape index (κ3) is 2.34. The van der Waals surface area contributed by atoms with Crippen LogP contribution in [0.15, 0.2) is 18.2 Å². The summed E-state index contributed by atoms with van der Waals surface area (Å²) in [4.78, 5) is 10.9. The van der Waals surface area contributed by atoms with E-state index < -0.39 is 5.97 Å². The van der Waals surface area contributed by atoms with Crippen molar-refractivity contribution in [1.82, 2.24) is 0 Å². The maximum atomic E-state index is 10.9. The second kappa shape index (κ2) is 4.64. The lowest BCUT2D eigenvalue weighted by molar-refractivity contribution is -0.144. The molecule has 0 saturated heterocycles. The fourth-order valence-corrected chi connectivity index (χ4v) is 2.07. The zero-order valence-electron chi connectivity index (χ0n) is 8.98. The number of aliphatic carboxylic acids is 1. The minimum atomic E-state index is -0.797. The van der Waals surface area contributed by atoms with E-state index in [4.69, 9.17) is 22.0 Å². The van der Waals surface area contributed by atoms with Gasteiger partial charge in [0, 0.05) is 11.1 Å². The molecule has 1 saturated carbocycles. The van der Waals surface area contributed by atoms with E-state index in [1.165, 1.54) is 0 Å². The van der Waals surface area contributed by atoms with Crippen LogP contribution in [-0.2, 0) is 4.79 Å². The number of carboxylic acids is 1. The van der Waals surface area contributed by atoms with E-state index in [9.17, 15) is 4.79 Å². The first-order valence-corrected chi connectivity index (χ1v) is 5.68. The molecule has 0 amide bonds. The van der Waals surface area contributed by atoms with Crippen molar-refractivity contribution in [3.8, 4) is 6.07 Å². The second-order valence-electron chi connectivity index (χ2n) is 4.07. The number of rotatable bonds is 3. The van der Waals surface area contributed by atoms with Crippen LogP contribution in [0.4, 0.5) is 5.69 Å². The molecule has 0 radical (unpaired) electrons. The highest BCUT2D eigenvalue weighted by atomic mass is 35.5. The lowest BCUT2D eigenvalue weighted by Gasteiger charge is -2.34. The number of benzene rings is 1. The second-order valence-corrected chi connectivity index (χ2v) is 4.51. The standard InChI is InChI=1S/C12H11ClN2O2/c13-8-2-1-7(6-14)11(5-8)15-10-4-3-9(10)12(16)17/h1-2,5,9-10,15H,3-4H2,(H,16,17). The van der Waals surface area contributed by atoms with Gasteiger partial charge in [0.15, 0.2) is 0 Å². The quantitative estimate of drug-likeness (QED) is 0.864. The maximum Gasteiger partial charge on any atom is 0.308 e. The van der Waals surface area contributed by atoms with Gasteiger partial charge in [0.1, 0.15) is 6.07 Å². The molecule has 5 heteroatoms. The van der Waals surface area contributed by atoms with Gasteiger partial charge in [0.2, 0.25) is 0 Å². The highest BCUT2D eigenvalue weighted by Gasteiger charge is 2.36. The average Bonchev–Trinajstić information content (AvgIpc) is 2.23. The molecule has 0 bridgehead atoms. The van der Waals surface area contributed by atoms with E-state index >= 15 is 0 Å². The van der Waals surface area contributed by atoms with E-state index in [1.54, 1.807) is 18.2 Å². The van der Waals surface area contributed by atoms with Crippen molar-refractivity contribution < 1.29 is 9.90 Å². The molecule has 1 aromatic carbocycles. The number of nitriles is 1. The molecule has 2 N–H and O–H groups in total. The number of nitrogens with zero attached hydrogens (tertiary/aromatic N) is 1. The fourth-order valence-electron chi connectivity index (χ4n) is 1.90. The molecule has 0 spiro atoms. The largest absolute Gasteiger partial charge is 0.481 e. The number of hydrogen-bond donors (Lipinski definition) is 2. The first kappa shape index (κ1) is 11.7. The van der Waals surface area contributed by atoms with Crippen LogP contribution >= 0.6 is 11.6 Å². The number of hydrogen-bond acceptors (Lipinski definition) is 3. The van der Waals surface area contributed by atoms with Gasteiger partial charge in [0.05, 0.1) is 17.2 Å². The normalized spacial score (nSPS) is 22.4. The van der Waals surface area contributed by atoms with Gasteiger partial charge in [-0.2, -0.15) is 5.26 Å². The van der Waals surface area contributed by atoms with Gasteiger partial charge in [-0.25, -0.2) is 0 Å². The van der Waals surface area contributed by atoms with Crippen molar-refractivity contribution in [3.05, 3.63) is 28.8 Å². The molecule has 4 nitrogen and oxygen atoms in total. The summed E-state index contributed by atoms with van der Waals surface area (Å²) >= 11 is 5.85. The third-order valence-electron chi connectivity index (χ3n) is 3.03. The van der Waals surface area contributed by atoms with Crippen molar-refractivity contribution >= 4 is 23.3 Å². The third-order valence-corrected chi connectivity index (χ3v) is 3.27. The number of halogens is 1. The van der Waals surface area contributed by atoms with E-state index in [0.29, 0.717) is 22.7 Å². The number of carbonyl (C=O) groups is 1. The molecule has 1 aliphatic rings. The summed E-state index contributed by atoms with van der Waals surface area (Å²) in [7, 11) is 0. The number of nitrogens with one attached hydrogen (secondary N) is 1. The van der Waals surface area contributed by atoms with Crippen LogP contribution in [0.2, 0.25) is 5.02 Å². The van der Waals surface area contributed by atoms with E-state index in [1.807, 2.05) is 0 Å². The average molecular weight is 251 g/mol. The summed E-state index contributed by atoms with van der Waals surface area (Å²) in [5.74, 6) is -1.17. The summed E-state index contributed by atoms with van der Waals surface area (Å²) in [6.45, 7) is 0. The molecule has 17 heavy (non-hydrogen) atoms. The highest BCUT2D eigenvalue weighted by Crippen LogP contribution is 2.32. The molecular formula is C12H11ClN2O2. The fraction of sp³-hybridized carbons (Fsp3) is 0.333. The van der Waals surface area contributed by atoms with E-state index in [0.717, 1.165) is 6.42 Å². The van der Waals surface area contributed by atoms with Crippen molar-refractivity contribution in [3.63, 3.8) is 0 Å². The lowest BCUT2D eigenvalue weighted by Crippen LogP contribution is -2.43. The number of anilines is 1. The van der Waals surface area contributed by atoms with Crippen molar-refractivity contribution in [2.24, 2.45) is 5.92 Å². The zero-order valence-corrected chi connectivity index (χ0v) is 9.74. The van der Waals surface area contributed by atoms with Gasteiger partial charge >= 0.3 is 5.97 Å². The lowest BCUT2D eigenvalue weighted by atomic mass is 9.79. The number of carboxylic acid groups (broad SMARTS) is 1. The minimum Gasteiger partial charge on any atom is -0.481 e. The Hall–Kier alpha value is -1.73. The minimum absolute atomic E-state index is 0.113. The van der Waals surface area contributed by atoms with Gasteiger partial charge in [0.25, 0.3) is 0 Å². The van der Waals surface area contributed by atoms with Gasteiger partial charge < -0.3 is 10.4 Å².